The van der Waals surface area contributed by atoms with Gasteiger partial charge in [-0.25, -0.2) is 0 Å². The van der Waals surface area contributed by atoms with Crippen LogP contribution in [-0.2, 0) is 9.59 Å². The molecule has 0 bridgehead atoms. The highest BCUT2D eigenvalue weighted by molar-refractivity contribution is 5.88. The molecule has 2 aromatic carbocycles. The molecule has 2 unspecified atom stereocenters. The van der Waals surface area contributed by atoms with Gasteiger partial charge in [0, 0.05) is 12.6 Å². The van der Waals surface area contributed by atoms with Gasteiger partial charge in [0.1, 0.15) is 5.75 Å². The van der Waals surface area contributed by atoms with Gasteiger partial charge in [-0.1, -0.05) is 24.3 Å². The topological polar surface area (TPSA) is 66.8 Å². The van der Waals surface area contributed by atoms with E-state index in [0.717, 1.165) is 28.5 Å². The quantitative estimate of drug-likeness (QED) is 0.909. The van der Waals surface area contributed by atoms with E-state index in [1.807, 2.05) is 50.2 Å². The third-order valence-corrected chi connectivity index (χ3v) is 5.46. The van der Waals surface area contributed by atoms with Crippen molar-refractivity contribution in [3.8, 4) is 5.75 Å². The van der Waals surface area contributed by atoms with Crippen molar-refractivity contribution in [2.75, 3.05) is 13.7 Å². The molecule has 2 aromatic rings. The highest BCUT2D eigenvalue weighted by Crippen LogP contribution is 2.29. The van der Waals surface area contributed by atoms with Crippen molar-refractivity contribution >= 4 is 22.6 Å². The fourth-order valence-electron chi connectivity index (χ4n) is 3.65. The number of piperidine rings is 1. The Hall–Kier alpha value is -2.56. The van der Waals surface area contributed by atoms with Gasteiger partial charge < -0.3 is 14.7 Å². The molecular formula is C21H25NO4. The summed E-state index contributed by atoms with van der Waals surface area (Å²) in [6, 6.07) is 11.9. The number of aliphatic carboxylic acids is 1. The normalized spacial score (nSPS) is 21.4. The summed E-state index contributed by atoms with van der Waals surface area (Å²) >= 11 is 0. The number of benzene rings is 2. The van der Waals surface area contributed by atoms with Gasteiger partial charge in [0.25, 0.3) is 0 Å². The summed E-state index contributed by atoms with van der Waals surface area (Å²) in [6.45, 7) is 4.18. The van der Waals surface area contributed by atoms with E-state index in [1.165, 1.54) is 0 Å². The maximum Gasteiger partial charge on any atom is 0.308 e. The number of carbonyl (C=O) groups is 2. The molecule has 1 aliphatic rings. The van der Waals surface area contributed by atoms with E-state index in [2.05, 4.69) is 0 Å². The van der Waals surface area contributed by atoms with Crippen molar-refractivity contribution in [3.63, 3.8) is 0 Å². The summed E-state index contributed by atoms with van der Waals surface area (Å²) in [5, 5.41) is 11.4. The number of likely N-dealkylation sites (tertiary alicyclic amines) is 1. The van der Waals surface area contributed by atoms with Crippen LogP contribution in [0.2, 0.25) is 0 Å². The molecule has 1 heterocycles. The molecule has 5 heteroatoms. The van der Waals surface area contributed by atoms with Gasteiger partial charge in [-0.2, -0.15) is 0 Å². The largest absolute Gasteiger partial charge is 0.497 e. The van der Waals surface area contributed by atoms with Gasteiger partial charge in [0.2, 0.25) is 5.91 Å². The van der Waals surface area contributed by atoms with E-state index < -0.39 is 11.9 Å². The zero-order valence-corrected chi connectivity index (χ0v) is 15.4. The van der Waals surface area contributed by atoms with Crippen LogP contribution in [0.25, 0.3) is 10.8 Å². The monoisotopic (exact) mass is 355 g/mol. The zero-order valence-electron chi connectivity index (χ0n) is 15.4. The number of carbonyl (C=O) groups excluding carboxylic acids is 1. The van der Waals surface area contributed by atoms with Gasteiger partial charge in [-0.3, -0.25) is 9.59 Å². The summed E-state index contributed by atoms with van der Waals surface area (Å²) in [6.07, 6.45) is 1.36. The number of ether oxygens (including phenoxy) is 1. The summed E-state index contributed by atoms with van der Waals surface area (Å²) in [7, 11) is 1.64. The van der Waals surface area contributed by atoms with E-state index >= 15 is 0 Å². The van der Waals surface area contributed by atoms with Gasteiger partial charge in [-0.05, 0) is 55.2 Å². The Morgan fingerprint density at radius 3 is 2.54 bits per heavy atom. The maximum absolute atomic E-state index is 13.0. The highest BCUT2D eigenvalue weighted by atomic mass is 16.5. The predicted molar refractivity (Wildman–Crippen MR) is 100 cm³/mol. The van der Waals surface area contributed by atoms with Crippen LogP contribution < -0.4 is 4.74 Å². The molecule has 1 aliphatic heterocycles. The second-order valence-corrected chi connectivity index (χ2v) is 7.15. The van der Waals surface area contributed by atoms with E-state index in [-0.39, 0.29) is 17.9 Å². The standard InChI is InChI=1S/C21H25NO4/c1-13-4-5-18(21(24)25)12-22(13)20(23)14(2)15-6-7-17-11-19(26-3)9-8-16(17)10-15/h6-11,13-14,18H,4-5,12H2,1-3H3,(H,24,25)/t13?,14-,18?/m0/s1. The molecule has 0 spiro atoms. The number of hydrogen-bond acceptors (Lipinski definition) is 3. The average Bonchev–Trinajstić information content (AvgIpc) is 2.66. The minimum atomic E-state index is -0.818. The van der Waals surface area contributed by atoms with Crippen LogP contribution in [0.3, 0.4) is 0 Å². The molecular weight excluding hydrogens is 330 g/mol. The van der Waals surface area contributed by atoms with Crippen LogP contribution in [0.1, 0.15) is 38.2 Å². The third-order valence-electron chi connectivity index (χ3n) is 5.46. The molecule has 5 nitrogen and oxygen atoms in total. The summed E-state index contributed by atoms with van der Waals surface area (Å²) < 4.78 is 5.25. The highest BCUT2D eigenvalue weighted by Gasteiger charge is 2.34. The molecule has 1 fully saturated rings. The minimum Gasteiger partial charge on any atom is -0.497 e. The van der Waals surface area contributed by atoms with Gasteiger partial charge in [-0.15, -0.1) is 0 Å². The molecule has 0 radical (unpaired) electrons. The van der Waals surface area contributed by atoms with Gasteiger partial charge >= 0.3 is 5.97 Å². The van der Waals surface area contributed by atoms with E-state index in [1.54, 1.807) is 12.0 Å². The first-order chi connectivity index (χ1) is 12.4. The Kier molecular flexibility index (Phi) is 5.16. The molecule has 26 heavy (non-hydrogen) atoms. The Morgan fingerprint density at radius 2 is 1.85 bits per heavy atom. The first kappa shape index (κ1) is 18.2. The van der Waals surface area contributed by atoms with E-state index in [4.69, 9.17) is 4.74 Å². The summed E-state index contributed by atoms with van der Waals surface area (Å²) in [5.41, 5.74) is 0.942. The number of fused-ring (bicyclic) bond motifs is 1. The molecule has 0 saturated carbocycles. The fourth-order valence-corrected chi connectivity index (χ4v) is 3.65. The number of carboxylic acid groups (broad SMARTS) is 1. The molecule has 3 atom stereocenters. The number of hydrogen-bond donors (Lipinski definition) is 1. The van der Waals surface area contributed by atoms with Crippen LogP contribution in [0, 0.1) is 5.92 Å². The molecule has 0 aromatic heterocycles. The number of amides is 1. The van der Waals surface area contributed by atoms with Gasteiger partial charge in [0.05, 0.1) is 18.9 Å². The van der Waals surface area contributed by atoms with Crippen LogP contribution in [0.4, 0.5) is 0 Å². The first-order valence-electron chi connectivity index (χ1n) is 9.01. The molecule has 1 saturated heterocycles. The lowest BCUT2D eigenvalue weighted by atomic mass is 9.90. The number of carboxylic acids is 1. The molecule has 1 amide bonds. The molecule has 3 rings (SSSR count). The lowest BCUT2D eigenvalue weighted by Gasteiger charge is -2.38. The number of rotatable bonds is 4. The maximum atomic E-state index is 13.0. The SMILES string of the molecule is COc1ccc2cc([C@H](C)C(=O)N3CC(C(=O)O)CCC3C)ccc2c1. The van der Waals surface area contributed by atoms with Crippen LogP contribution in [0.5, 0.6) is 5.75 Å². The van der Waals surface area contributed by atoms with E-state index in [0.29, 0.717) is 13.0 Å². The number of nitrogens with zero attached hydrogens (tertiary/aromatic N) is 1. The second-order valence-electron chi connectivity index (χ2n) is 7.15. The molecule has 0 aliphatic carbocycles. The Labute approximate surface area is 153 Å². The zero-order chi connectivity index (χ0) is 18.8. The third kappa shape index (κ3) is 3.52. The van der Waals surface area contributed by atoms with E-state index in [9.17, 15) is 14.7 Å². The Bertz CT molecular complexity index is 832. The van der Waals surface area contributed by atoms with Crippen molar-refractivity contribution in [1.29, 1.82) is 0 Å². The predicted octanol–water partition coefficient (Wildman–Crippen LogP) is 3.66. The Balaban J connectivity index is 1.83. The van der Waals surface area contributed by atoms with Crippen LogP contribution in [-0.4, -0.2) is 41.6 Å². The fraction of sp³-hybridized carbons (Fsp3) is 0.429. The first-order valence-corrected chi connectivity index (χ1v) is 9.01. The minimum absolute atomic E-state index is 0.00342. The van der Waals surface area contributed by atoms with Crippen molar-refractivity contribution in [2.24, 2.45) is 5.92 Å². The molecule has 138 valence electrons. The Morgan fingerprint density at radius 1 is 1.15 bits per heavy atom. The second kappa shape index (κ2) is 7.36. The smallest absolute Gasteiger partial charge is 0.308 e. The number of methoxy groups -OCH3 is 1. The molecule has 1 N–H and O–H groups in total. The van der Waals surface area contributed by atoms with Crippen molar-refractivity contribution in [3.05, 3.63) is 42.0 Å². The van der Waals surface area contributed by atoms with Crippen molar-refractivity contribution in [1.82, 2.24) is 4.90 Å². The lowest BCUT2D eigenvalue weighted by molar-refractivity contribution is -0.147. The summed E-state index contributed by atoms with van der Waals surface area (Å²) in [5.74, 6) is -0.794. The van der Waals surface area contributed by atoms with Crippen molar-refractivity contribution < 1.29 is 19.4 Å². The van der Waals surface area contributed by atoms with Gasteiger partial charge in [0.15, 0.2) is 0 Å². The average molecular weight is 355 g/mol. The van der Waals surface area contributed by atoms with Crippen LogP contribution >= 0.6 is 0 Å². The van der Waals surface area contributed by atoms with Crippen LogP contribution in [0.15, 0.2) is 36.4 Å². The van der Waals surface area contributed by atoms with Crippen molar-refractivity contribution in [2.45, 2.75) is 38.6 Å². The lowest BCUT2D eigenvalue weighted by Crippen LogP contribution is -2.48. The summed E-state index contributed by atoms with van der Waals surface area (Å²) in [4.78, 5) is 26.1.